The molecule has 0 aliphatic heterocycles. The van der Waals surface area contributed by atoms with Crippen LogP contribution in [0.2, 0.25) is 0 Å². The molecule has 17 heavy (non-hydrogen) atoms. The Morgan fingerprint density at radius 1 is 1.35 bits per heavy atom. The van der Waals surface area contributed by atoms with Crippen molar-refractivity contribution >= 4 is 29.9 Å². The lowest BCUT2D eigenvalue weighted by Crippen LogP contribution is -2.38. The first-order valence-electron chi connectivity index (χ1n) is 5.81. The van der Waals surface area contributed by atoms with E-state index in [1.165, 1.54) is 0 Å². The van der Waals surface area contributed by atoms with E-state index < -0.39 is 0 Å². The highest BCUT2D eigenvalue weighted by Gasteiger charge is 2.24. The molecule has 1 atom stereocenters. The number of nitrogens with one attached hydrogen (secondary N) is 1. The lowest BCUT2D eigenvalue weighted by molar-refractivity contribution is 0.0240. The van der Waals surface area contributed by atoms with Crippen molar-refractivity contribution in [1.29, 1.82) is 0 Å². The second kappa shape index (κ2) is 8.97. The summed E-state index contributed by atoms with van der Waals surface area (Å²) in [4.78, 5) is 6.54. The van der Waals surface area contributed by atoms with Crippen LogP contribution < -0.4 is 5.32 Å². The Labute approximate surface area is 123 Å². The highest BCUT2D eigenvalue weighted by molar-refractivity contribution is 14.0. The standard InChI is InChI=1S/C12H27N3O.HI/c1-8-13-11(15(5)6)14-9-10(16-7)12(2,3)4;/h10H,8-9H2,1-7H3,(H,13,14);1H. The first-order valence-corrected chi connectivity index (χ1v) is 5.81. The maximum atomic E-state index is 5.47. The van der Waals surface area contributed by atoms with Gasteiger partial charge in [-0.2, -0.15) is 0 Å². The second-order valence-corrected chi connectivity index (χ2v) is 5.18. The molecule has 0 bridgehead atoms. The van der Waals surface area contributed by atoms with Crippen LogP contribution in [0.5, 0.6) is 0 Å². The van der Waals surface area contributed by atoms with Crippen molar-refractivity contribution in [1.82, 2.24) is 10.2 Å². The van der Waals surface area contributed by atoms with Crippen molar-refractivity contribution in [3.8, 4) is 0 Å². The van der Waals surface area contributed by atoms with Crippen LogP contribution in [0, 0.1) is 5.41 Å². The third-order valence-corrected chi connectivity index (χ3v) is 2.42. The molecule has 1 unspecified atom stereocenters. The molecule has 0 radical (unpaired) electrons. The van der Waals surface area contributed by atoms with Gasteiger partial charge in [0.1, 0.15) is 0 Å². The second-order valence-electron chi connectivity index (χ2n) is 5.18. The van der Waals surface area contributed by atoms with Crippen LogP contribution >= 0.6 is 24.0 Å². The highest BCUT2D eigenvalue weighted by atomic mass is 127. The zero-order valence-electron chi connectivity index (χ0n) is 12.2. The van der Waals surface area contributed by atoms with E-state index in [0.29, 0.717) is 6.54 Å². The van der Waals surface area contributed by atoms with Gasteiger partial charge in [-0.1, -0.05) is 20.8 Å². The molecule has 0 aliphatic carbocycles. The maximum Gasteiger partial charge on any atom is 0.193 e. The Morgan fingerprint density at radius 3 is 2.18 bits per heavy atom. The predicted molar refractivity (Wildman–Crippen MR) is 85.3 cm³/mol. The molecule has 0 aliphatic rings. The third kappa shape index (κ3) is 7.81. The molecule has 0 rings (SSSR count). The van der Waals surface area contributed by atoms with Crippen LogP contribution in [-0.4, -0.2) is 51.3 Å². The largest absolute Gasteiger partial charge is 0.379 e. The molecule has 0 heterocycles. The molecule has 0 saturated heterocycles. The topological polar surface area (TPSA) is 36.9 Å². The fourth-order valence-electron chi connectivity index (χ4n) is 1.38. The molecular weight excluding hydrogens is 329 g/mol. The number of rotatable bonds is 4. The minimum atomic E-state index is 0. The fourth-order valence-corrected chi connectivity index (χ4v) is 1.38. The monoisotopic (exact) mass is 357 g/mol. The maximum absolute atomic E-state index is 5.47. The summed E-state index contributed by atoms with van der Waals surface area (Å²) in [5.74, 6) is 0.911. The van der Waals surface area contributed by atoms with E-state index in [4.69, 9.17) is 4.74 Å². The van der Waals surface area contributed by atoms with E-state index in [-0.39, 0.29) is 35.5 Å². The number of hydrogen-bond acceptors (Lipinski definition) is 2. The van der Waals surface area contributed by atoms with Crippen LogP contribution in [0.4, 0.5) is 0 Å². The van der Waals surface area contributed by atoms with Crippen LogP contribution in [-0.2, 0) is 4.74 Å². The van der Waals surface area contributed by atoms with E-state index in [9.17, 15) is 0 Å². The first kappa shape index (κ1) is 19.3. The smallest absolute Gasteiger partial charge is 0.193 e. The van der Waals surface area contributed by atoms with E-state index in [1.54, 1.807) is 7.11 Å². The van der Waals surface area contributed by atoms with Gasteiger partial charge in [-0.25, -0.2) is 0 Å². The summed E-state index contributed by atoms with van der Waals surface area (Å²) in [5, 5.41) is 3.23. The molecule has 4 nitrogen and oxygen atoms in total. The van der Waals surface area contributed by atoms with Crippen molar-refractivity contribution in [2.45, 2.75) is 33.8 Å². The minimum absolute atomic E-state index is 0. The molecule has 1 N–H and O–H groups in total. The third-order valence-electron chi connectivity index (χ3n) is 2.42. The fraction of sp³-hybridized carbons (Fsp3) is 0.917. The molecule has 0 saturated carbocycles. The van der Waals surface area contributed by atoms with Crippen molar-refractivity contribution in [2.24, 2.45) is 10.4 Å². The zero-order chi connectivity index (χ0) is 12.8. The summed E-state index contributed by atoms with van der Waals surface area (Å²) in [6.45, 7) is 10.1. The summed E-state index contributed by atoms with van der Waals surface area (Å²) >= 11 is 0. The minimum Gasteiger partial charge on any atom is -0.379 e. The summed E-state index contributed by atoms with van der Waals surface area (Å²) in [5.41, 5.74) is 0.113. The number of ether oxygens (including phenoxy) is 1. The molecule has 0 aromatic heterocycles. The molecule has 0 fully saturated rings. The van der Waals surface area contributed by atoms with E-state index in [0.717, 1.165) is 12.5 Å². The SMILES string of the molecule is CCNC(=NCC(OC)C(C)(C)C)N(C)C.I. The summed E-state index contributed by atoms with van der Waals surface area (Å²) < 4.78 is 5.47. The average molecular weight is 357 g/mol. The van der Waals surface area contributed by atoms with Gasteiger partial charge in [0.2, 0.25) is 0 Å². The summed E-state index contributed by atoms with van der Waals surface area (Å²) in [7, 11) is 5.72. The number of methoxy groups -OCH3 is 1. The summed E-state index contributed by atoms with van der Waals surface area (Å²) in [6.07, 6.45) is 0.140. The van der Waals surface area contributed by atoms with E-state index in [2.05, 4.69) is 38.0 Å². The number of hydrogen-bond donors (Lipinski definition) is 1. The summed E-state index contributed by atoms with van der Waals surface area (Å²) in [6, 6.07) is 0. The Kier molecular flexibility index (Phi) is 10.2. The lowest BCUT2D eigenvalue weighted by atomic mass is 9.89. The van der Waals surface area contributed by atoms with Gasteiger partial charge in [-0.3, -0.25) is 4.99 Å². The Bertz CT molecular complexity index is 224. The lowest BCUT2D eigenvalue weighted by Gasteiger charge is -2.28. The predicted octanol–water partition coefficient (Wildman–Crippen LogP) is 2.19. The number of halogens is 1. The molecular formula is C12H28IN3O. The van der Waals surface area contributed by atoms with Gasteiger partial charge in [0.25, 0.3) is 0 Å². The van der Waals surface area contributed by atoms with Crippen molar-refractivity contribution in [2.75, 3.05) is 34.3 Å². The molecule has 5 heteroatoms. The quantitative estimate of drug-likeness (QED) is 0.476. The van der Waals surface area contributed by atoms with Crippen LogP contribution in [0.15, 0.2) is 4.99 Å². The van der Waals surface area contributed by atoms with Gasteiger partial charge in [0, 0.05) is 27.7 Å². The number of guanidine groups is 1. The molecule has 0 aromatic rings. The van der Waals surface area contributed by atoms with Crippen LogP contribution in [0.1, 0.15) is 27.7 Å². The van der Waals surface area contributed by atoms with E-state index in [1.807, 2.05) is 19.0 Å². The van der Waals surface area contributed by atoms with Gasteiger partial charge in [-0.15, -0.1) is 24.0 Å². The molecule has 0 spiro atoms. The normalized spacial score (nSPS) is 13.9. The first-order chi connectivity index (χ1) is 7.32. The Hall–Kier alpha value is -0.0400. The van der Waals surface area contributed by atoms with Gasteiger partial charge in [0.05, 0.1) is 12.6 Å². The zero-order valence-corrected chi connectivity index (χ0v) is 14.5. The highest BCUT2D eigenvalue weighted by Crippen LogP contribution is 2.21. The van der Waals surface area contributed by atoms with Crippen molar-refractivity contribution < 1.29 is 4.74 Å². The van der Waals surface area contributed by atoms with Gasteiger partial charge in [0.15, 0.2) is 5.96 Å². The van der Waals surface area contributed by atoms with Crippen LogP contribution in [0.25, 0.3) is 0 Å². The number of aliphatic imine (C=N–C) groups is 1. The molecule has 104 valence electrons. The Balaban J connectivity index is 0. The average Bonchev–Trinajstić information content (AvgIpc) is 2.14. The van der Waals surface area contributed by atoms with Crippen LogP contribution in [0.3, 0.4) is 0 Å². The van der Waals surface area contributed by atoms with Gasteiger partial charge < -0.3 is 15.0 Å². The van der Waals surface area contributed by atoms with Crippen molar-refractivity contribution in [3.63, 3.8) is 0 Å². The van der Waals surface area contributed by atoms with E-state index >= 15 is 0 Å². The molecule has 0 aromatic carbocycles. The van der Waals surface area contributed by atoms with Gasteiger partial charge >= 0.3 is 0 Å². The van der Waals surface area contributed by atoms with Crippen molar-refractivity contribution in [3.05, 3.63) is 0 Å². The molecule has 0 amide bonds. The Morgan fingerprint density at radius 2 is 1.88 bits per heavy atom. The number of nitrogens with zero attached hydrogens (tertiary/aromatic N) is 2. The van der Waals surface area contributed by atoms with Gasteiger partial charge in [-0.05, 0) is 12.3 Å².